The Morgan fingerprint density at radius 1 is 1.08 bits per heavy atom. The zero-order valence-electron chi connectivity index (χ0n) is 15.2. The number of hydrogen-bond acceptors (Lipinski definition) is 5. The second-order valence-electron chi connectivity index (χ2n) is 6.65. The van der Waals surface area contributed by atoms with Crippen LogP contribution in [0.1, 0.15) is 40.5 Å². The Labute approximate surface area is 148 Å². The van der Waals surface area contributed by atoms with Crippen molar-refractivity contribution in [3.63, 3.8) is 0 Å². The fourth-order valence-corrected chi connectivity index (χ4v) is 2.64. The molecule has 0 unspecified atom stereocenters. The monoisotopic (exact) mass is 361 g/mol. The van der Waals surface area contributed by atoms with E-state index in [0.717, 1.165) is 0 Å². The summed E-state index contributed by atoms with van der Waals surface area (Å²) in [4.78, 5) is 35.8. The van der Waals surface area contributed by atoms with E-state index in [9.17, 15) is 19.5 Å². The van der Waals surface area contributed by atoms with Crippen LogP contribution in [0.5, 0.6) is 0 Å². The molecule has 3 atom stereocenters. The van der Waals surface area contributed by atoms with E-state index >= 15 is 0 Å². The molecule has 0 rings (SSSR count). The van der Waals surface area contributed by atoms with Gasteiger partial charge in [-0.3, -0.25) is 9.59 Å². The molecule has 8 heteroatoms. The number of nitrogens with one attached hydrogen (secondary N) is 2. The Morgan fingerprint density at radius 3 is 2.08 bits per heavy atom. The minimum absolute atomic E-state index is 0.258. The number of aliphatic carboxylic acids is 1. The first kappa shape index (κ1) is 22.7. The van der Waals surface area contributed by atoms with E-state index in [2.05, 4.69) is 10.6 Å². The molecule has 0 aromatic rings. The van der Waals surface area contributed by atoms with Crippen LogP contribution in [0.2, 0.25) is 0 Å². The van der Waals surface area contributed by atoms with Gasteiger partial charge in [-0.1, -0.05) is 27.7 Å². The maximum absolute atomic E-state index is 12.4. The highest BCUT2D eigenvalue weighted by Crippen LogP contribution is 2.07. The summed E-state index contributed by atoms with van der Waals surface area (Å²) >= 11 is 1.55. The van der Waals surface area contributed by atoms with Gasteiger partial charge in [-0.2, -0.15) is 11.8 Å². The first-order chi connectivity index (χ1) is 11.1. The first-order valence-corrected chi connectivity index (χ1v) is 9.57. The third-order valence-corrected chi connectivity index (χ3v) is 4.18. The zero-order chi connectivity index (χ0) is 18.9. The van der Waals surface area contributed by atoms with E-state index in [4.69, 9.17) is 5.73 Å². The zero-order valence-corrected chi connectivity index (χ0v) is 16.0. The molecule has 0 aliphatic rings. The quantitative estimate of drug-likeness (QED) is 0.432. The highest BCUT2D eigenvalue weighted by atomic mass is 32.2. The van der Waals surface area contributed by atoms with Crippen molar-refractivity contribution in [3.8, 4) is 0 Å². The molecule has 0 radical (unpaired) electrons. The molecule has 2 amide bonds. The van der Waals surface area contributed by atoms with E-state index < -0.39 is 30.0 Å². The van der Waals surface area contributed by atoms with Gasteiger partial charge in [-0.25, -0.2) is 4.79 Å². The van der Waals surface area contributed by atoms with Gasteiger partial charge in [0.05, 0.1) is 6.04 Å². The Bertz CT molecular complexity index is 430. The minimum atomic E-state index is -1.09. The molecule has 0 saturated heterocycles. The maximum atomic E-state index is 12.4. The Kier molecular flexibility index (Phi) is 10.7. The predicted octanol–water partition coefficient (Wildman–Crippen LogP) is 0.823. The van der Waals surface area contributed by atoms with E-state index in [0.29, 0.717) is 18.6 Å². The summed E-state index contributed by atoms with van der Waals surface area (Å²) < 4.78 is 0. The van der Waals surface area contributed by atoms with Crippen LogP contribution in [0, 0.1) is 11.8 Å². The van der Waals surface area contributed by atoms with Gasteiger partial charge < -0.3 is 21.5 Å². The van der Waals surface area contributed by atoms with Crippen LogP contribution in [0.15, 0.2) is 0 Å². The number of carbonyl (C=O) groups excluding carboxylic acids is 2. The van der Waals surface area contributed by atoms with Crippen molar-refractivity contribution in [1.82, 2.24) is 10.6 Å². The number of amides is 2. The Morgan fingerprint density at radius 2 is 1.67 bits per heavy atom. The van der Waals surface area contributed by atoms with Crippen LogP contribution in [-0.4, -0.2) is 53.0 Å². The van der Waals surface area contributed by atoms with Gasteiger partial charge >= 0.3 is 5.97 Å². The largest absolute Gasteiger partial charge is 0.480 e. The van der Waals surface area contributed by atoms with Crippen LogP contribution < -0.4 is 16.4 Å². The fraction of sp³-hybridized carbons (Fsp3) is 0.812. The summed E-state index contributed by atoms with van der Waals surface area (Å²) in [5, 5.41) is 14.4. The van der Waals surface area contributed by atoms with Gasteiger partial charge in [-0.15, -0.1) is 0 Å². The molecule has 0 aromatic heterocycles. The normalized spacial score (nSPS) is 15.0. The molecular weight excluding hydrogens is 330 g/mol. The molecule has 5 N–H and O–H groups in total. The molecule has 0 heterocycles. The average molecular weight is 362 g/mol. The second kappa shape index (κ2) is 11.3. The van der Waals surface area contributed by atoms with Gasteiger partial charge in [-0.05, 0) is 36.7 Å². The lowest BCUT2D eigenvalue weighted by Gasteiger charge is -2.24. The van der Waals surface area contributed by atoms with Crippen molar-refractivity contribution in [2.75, 3.05) is 12.0 Å². The van der Waals surface area contributed by atoms with E-state index in [1.165, 1.54) is 0 Å². The average Bonchev–Trinajstić information content (AvgIpc) is 2.46. The summed E-state index contributed by atoms with van der Waals surface area (Å²) in [7, 11) is 0. The molecule has 0 fully saturated rings. The van der Waals surface area contributed by atoms with Gasteiger partial charge in [0.1, 0.15) is 12.1 Å². The predicted molar refractivity (Wildman–Crippen MR) is 96.8 cm³/mol. The van der Waals surface area contributed by atoms with Crippen LogP contribution in [0.4, 0.5) is 0 Å². The number of rotatable bonds is 11. The molecule has 0 spiro atoms. The van der Waals surface area contributed by atoms with Crippen LogP contribution in [0.25, 0.3) is 0 Å². The minimum Gasteiger partial charge on any atom is -0.480 e. The smallest absolute Gasteiger partial charge is 0.326 e. The van der Waals surface area contributed by atoms with Gasteiger partial charge in [0, 0.05) is 0 Å². The van der Waals surface area contributed by atoms with Crippen molar-refractivity contribution in [2.24, 2.45) is 17.6 Å². The molecule has 0 saturated carbocycles. The molecular formula is C16H31N3O4S. The third-order valence-electron chi connectivity index (χ3n) is 3.54. The summed E-state index contributed by atoms with van der Waals surface area (Å²) in [6.07, 6.45) is 2.83. The van der Waals surface area contributed by atoms with Crippen molar-refractivity contribution in [2.45, 2.75) is 58.7 Å². The summed E-state index contributed by atoms with van der Waals surface area (Å²) in [6, 6.07) is -2.46. The summed E-state index contributed by atoms with van der Waals surface area (Å²) in [5.41, 5.74) is 5.85. The number of thioether (sulfide) groups is 1. The van der Waals surface area contributed by atoms with Crippen LogP contribution in [0.3, 0.4) is 0 Å². The highest BCUT2D eigenvalue weighted by Gasteiger charge is 2.29. The fourth-order valence-electron chi connectivity index (χ4n) is 2.17. The lowest BCUT2D eigenvalue weighted by molar-refractivity contribution is -0.143. The topological polar surface area (TPSA) is 122 Å². The lowest BCUT2D eigenvalue weighted by Crippen LogP contribution is -2.55. The molecule has 0 aromatic carbocycles. The Balaban J connectivity index is 4.94. The van der Waals surface area contributed by atoms with Gasteiger partial charge in [0.15, 0.2) is 0 Å². The van der Waals surface area contributed by atoms with Crippen molar-refractivity contribution < 1.29 is 19.5 Å². The third kappa shape index (κ3) is 8.54. The SMILES string of the molecule is CSCC[C@H](NC(=O)[C@@H](N)CC(C)C)C(=O)N[C@H](C(=O)O)C(C)C. The number of carbonyl (C=O) groups is 3. The van der Waals surface area contributed by atoms with E-state index in [1.807, 2.05) is 20.1 Å². The van der Waals surface area contributed by atoms with Crippen LogP contribution >= 0.6 is 11.8 Å². The number of hydrogen-bond donors (Lipinski definition) is 4. The van der Waals surface area contributed by atoms with Crippen molar-refractivity contribution >= 4 is 29.5 Å². The van der Waals surface area contributed by atoms with Crippen molar-refractivity contribution in [3.05, 3.63) is 0 Å². The molecule has 24 heavy (non-hydrogen) atoms. The molecule has 0 aliphatic carbocycles. The molecule has 0 bridgehead atoms. The standard InChI is InChI=1S/C16H31N3O4S/c1-9(2)8-11(17)14(20)18-12(6-7-24-5)15(21)19-13(10(3)4)16(22)23/h9-13H,6-8,17H2,1-5H3,(H,18,20)(H,19,21)(H,22,23)/t11-,12-,13-/m0/s1. The van der Waals surface area contributed by atoms with E-state index in [-0.39, 0.29) is 17.7 Å². The lowest BCUT2D eigenvalue weighted by atomic mass is 10.0. The second-order valence-corrected chi connectivity index (χ2v) is 7.63. The summed E-state index contributed by atoms with van der Waals surface area (Å²) in [6.45, 7) is 7.36. The molecule has 0 aliphatic heterocycles. The van der Waals surface area contributed by atoms with Crippen LogP contribution in [-0.2, 0) is 14.4 Å². The molecule has 7 nitrogen and oxygen atoms in total. The number of nitrogens with two attached hydrogens (primary N) is 1. The maximum Gasteiger partial charge on any atom is 0.326 e. The Hall–Kier alpha value is -1.28. The van der Waals surface area contributed by atoms with Gasteiger partial charge in [0.25, 0.3) is 0 Å². The van der Waals surface area contributed by atoms with E-state index in [1.54, 1.807) is 25.6 Å². The first-order valence-electron chi connectivity index (χ1n) is 8.18. The number of carboxylic acid groups (broad SMARTS) is 1. The van der Waals surface area contributed by atoms with Gasteiger partial charge in [0.2, 0.25) is 11.8 Å². The molecule has 140 valence electrons. The van der Waals surface area contributed by atoms with Crippen molar-refractivity contribution in [1.29, 1.82) is 0 Å². The highest BCUT2D eigenvalue weighted by molar-refractivity contribution is 7.98. The summed E-state index contributed by atoms with van der Waals surface area (Å²) in [5.74, 6) is -1.30. The number of carboxylic acids is 1.